The SMILES string of the molecule is CCCCCCCCCCCCOP(=O)(O)O.CCCCCCCCCCCCOP(=O)(O)OCCCCCCCCCCCC.OCCN(CCO)CCO.OCCN(CCO)CCO. The summed E-state index contributed by atoms with van der Waals surface area (Å²) in [4.78, 5) is 30.2. The number of unbranched alkanes of at least 4 members (excludes halogenated alkanes) is 27. The van der Waals surface area contributed by atoms with Crippen LogP contribution < -0.4 is 0 Å². The van der Waals surface area contributed by atoms with E-state index < -0.39 is 15.6 Å². The summed E-state index contributed by atoms with van der Waals surface area (Å²) in [6, 6.07) is 0. The maximum atomic E-state index is 11.8. The second-order valence-corrected chi connectivity index (χ2v) is 19.7. The average Bonchev–Trinajstić information content (AvgIpc) is 3.27. The van der Waals surface area contributed by atoms with E-state index in [1.54, 1.807) is 9.80 Å². The highest BCUT2D eigenvalue weighted by Gasteiger charge is 2.20. The van der Waals surface area contributed by atoms with Crippen LogP contribution in [0.15, 0.2) is 0 Å². The molecule has 0 saturated heterocycles. The number of phosphoric ester groups is 2. The molecule has 0 aliphatic heterocycles. The molecule has 0 aliphatic carbocycles. The summed E-state index contributed by atoms with van der Waals surface area (Å²) in [5.41, 5.74) is 0. The van der Waals surface area contributed by atoms with Gasteiger partial charge in [-0.25, -0.2) is 9.13 Å². The number of aliphatic hydroxyl groups is 6. The molecule has 0 amide bonds. The maximum Gasteiger partial charge on any atom is 0.472 e. The third kappa shape index (κ3) is 70.5. The van der Waals surface area contributed by atoms with Gasteiger partial charge in [-0.2, -0.15) is 0 Å². The van der Waals surface area contributed by atoms with Crippen LogP contribution in [-0.2, 0) is 22.7 Å². The van der Waals surface area contributed by atoms with E-state index in [4.69, 9.17) is 49.5 Å². The summed E-state index contributed by atoms with van der Waals surface area (Å²) in [6.45, 7) is 11.0. The monoisotopic (exact) mass is 999 g/mol. The molecule has 16 nitrogen and oxygen atoms in total. The third-order valence-corrected chi connectivity index (χ3v) is 12.3. The van der Waals surface area contributed by atoms with Crippen LogP contribution >= 0.6 is 15.6 Å². The van der Waals surface area contributed by atoms with E-state index in [1.807, 2.05) is 0 Å². The molecule has 0 unspecified atom stereocenters. The van der Waals surface area contributed by atoms with Gasteiger partial charge in [0.1, 0.15) is 0 Å². The molecular weight excluding hydrogens is 890 g/mol. The van der Waals surface area contributed by atoms with Gasteiger partial charge in [0.15, 0.2) is 0 Å². The summed E-state index contributed by atoms with van der Waals surface area (Å²) in [5.74, 6) is 0. The van der Waals surface area contributed by atoms with Gasteiger partial charge in [0.05, 0.1) is 59.5 Å². The van der Waals surface area contributed by atoms with Crippen LogP contribution in [0.1, 0.15) is 213 Å². The first-order valence-electron chi connectivity index (χ1n) is 26.3. The van der Waals surface area contributed by atoms with Crippen LogP contribution in [0.25, 0.3) is 0 Å². The molecule has 0 spiro atoms. The van der Waals surface area contributed by atoms with Crippen LogP contribution in [-0.4, -0.2) is 154 Å². The molecule has 404 valence electrons. The lowest BCUT2D eigenvalue weighted by Crippen LogP contribution is -2.32. The average molecular weight is 999 g/mol. The molecule has 9 N–H and O–H groups in total. The van der Waals surface area contributed by atoms with Crippen LogP contribution in [0.2, 0.25) is 0 Å². The number of phosphoric acid groups is 2. The van der Waals surface area contributed by atoms with Gasteiger partial charge in [-0.05, 0) is 19.3 Å². The predicted octanol–water partition coefficient (Wildman–Crippen LogP) is 9.51. The van der Waals surface area contributed by atoms with E-state index in [-0.39, 0.29) is 46.2 Å². The van der Waals surface area contributed by atoms with Crippen molar-refractivity contribution in [1.82, 2.24) is 9.80 Å². The van der Waals surface area contributed by atoms with Gasteiger partial charge in [0, 0.05) is 39.3 Å². The normalized spacial score (nSPS) is 11.6. The van der Waals surface area contributed by atoms with Crippen LogP contribution in [0.5, 0.6) is 0 Å². The van der Waals surface area contributed by atoms with Crippen LogP contribution in [0, 0.1) is 0 Å². The topological polar surface area (TPSA) is 250 Å². The van der Waals surface area contributed by atoms with Gasteiger partial charge >= 0.3 is 15.6 Å². The number of nitrogens with zero attached hydrogens (tertiary/aromatic N) is 2. The number of aliphatic hydroxyl groups excluding tert-OH is 6. The third-order valence-electron chi connectivity index (χ3n) is 10.8. The first-order chi connectivity index (χ1) is 31.9. The Morgan fingerprint density at radius 2 is 0.485 bits per heavy atom. The zero-order valence-electron chi connectivity index (χ0n) is 42.7. The lowest BCUT2D eigenvalue weighted by Gasteiger charge is -2.17. The lowest BCUT2D eigenvalue weighted by molar-refractivity contribution is 0.136. The van der Waals surface area contributed by atoms with E-state index in [0.29, 0.717) is 52.5 Å². The minimum absolute atomic E-state index is 0.0694. The van der Waals surface area contributed by atoms with E-state index in [2.05, 4.69) is 25.3 Å². The van der Waals surface area contributed by atoms with Crippen LogP contribution in [0.3, 0.4) is 0 Å². The van der Waals surface area contributed by atoms with Gasteiger partial charge < -0.3 is 45.3 Å². The van der Waals surface area contributed by atoms with E-state index in [1.165, 1.54) is 148 Å². The molecule has 0 saturated carbocycles. The minimum atomic E-state index is -4.24. The van der Waals surface area contributed by atoms with Crippen molar-refractivity contribution in [2.24, 2.45) is 0 Å². The molecule has 0 radical (unpaired) electrons. The summed E-state index contributed by atoms with van der Waals surface area (Å²) >= 11 is 0. The van der Waals surface area contributed by atoms with E-state index in [9.17, 15) is 14.0 Å². The molecule has 0 heterocycles. The first-order valence-corrected chi connectivity index (χ1v) is 29.3. The Hall–Kier alpha value is -0.100. The molecule has 0 rings (SSSR count). The van der Waals surface area contributed by atoms with Gasteiger partial charge in [-0.1, -0.05) is 194 Å². The standard InChI is InChI=1S/C24H51O4P.C12H27O4P.2C6H15NO3/c1-3-5-7-9-11-13-15-17-19-21-23-27-29(25,26)28-24-22-20-18-16-14-12-10-8-6-4-2;1-2-3-4-5-6-7-8-9-10-11-12-16-17(13,14)15;2*8-4-1-7(2-5-9)3-6-10/h3-24H2,1-2H3,(H,25,26);2-12H2,1H3,(H2,13,14,15);2*8-10H,1-6H2. The molecule has 0 bridgehead atoms. The van der Waals surface area contributed by atoms with Gasteiger partial charge in [-0.15, -0.1) is 0 Å². The zero-order valence-corrected chi connectivity index (χ0v) is 44.5. The van der Waals surface area contributed by atoms with Gasteiger partial charge in [0.2, 0.25) is 0 Å². The number of hydrogen-bond acceptors (Lipinski definition) is 13. The Morgan fingerprint density at radius 3 is 0.667 bits per heavy atom. The Bertz CT molecular complexity index is 898. The van der Waals surface area contributed by atoms with Gasteiger partial charge in [-0.3, -0.25) is 23.4 Å². The van der Waals surface area contributed by atoms with Gasteiger partial charge in [0.25, 0.3) is 0 Å². The molecule has 18 heteroatoms. The smallest absolute Gasteiger partial charge is 0.395 e. The highest BCUT2D eigenvalue weighted by Crippen LogP contribution is 2.43. The molecular formula is C48H108N2O14P2. The van der Waals surface area contributed by atoms with Crippen molar-refractivity contribution in [2.75, 3.05) is 98.7 Å². The molecule has 0 aromatic rings. The van der Waals surface area contributed by atoms with Crippen molar-refractivity contribution in [2.45, 2.75) is 213 Å². The molecule has 0 aliphatic rings. The summed E-state index contributed by atoms with van der Waals surface area (Å²) in [5, 5.41) is 50.9. The maximum absolute atomic E-state index is 11.8. The highest BCUT2D eigenvalue weighted by atomic mass is 31.2. The fraction of sp³-hybridized carbons (Fsp3) is 1.00. The highest BCUT2D eigenvalue weighted by molar-refractivity contribution is 7.47. The quantitative estimate of drug-likeness (QED) is 0.0203. The Balaban J connectivity index is -0.000000435. The fourth-order valence-corrected chi connectivity index (χ4v) is 8.03. The van der Waals surface area contributed by atoms with Crippen molar-refractivity contribution in [3.05, 3.63) is 0 Å². The summed E-state index contributed by atoms with van der Waals surface area (Å²) in [7, 11) is -8.09. The first kappa shape index (κ1) is 72.4. The minimum Gasteiger partial charge on any atom is -0.395 e. The van der Waals surface area contributed by atoms with E-state index in [0.717, 1.165) is 44.9 Å². The Kier molecular flexibility index (Phi) is 67.0. The van der Waals surface area contributed by atoms with Crippen molar-refractivity contribution in [3.8, 4) is 0 Å². The fourth-order valence-electron chi connectivity index (χ4n) is 6.87. The molecule has 0 aromatic heterocycles. The molecule has 0 atom stereocenters. The van der Waals surface area contributed by atoms with E-state index >= 15 is 0 Å². The van der Waals surface area contributed by atoms with Crippen LogP contribution in [0.4, 0.5) is 0 Å². The van der Waals surface area contributed by atoms with Crippen molar-refractivity contribution in [1.29, 1.82) is 0 Å². The summed E-state index contributed by atoms with van der Waals surface area (Å²) in [6.07, 6.45) is 36.8. The lowest BCUT2D eigenvalue weighted by atomic mass is 10.1. The Morgan fingerprint density at radius 1 is 0.303 bits per heavy atom. The molecule has 66 heavy (non-hydrogen) atoms. The number of rotatable bonds is 48. The number of hydrogen-bond donors (Lipinski definition) is 9. The summed E-state index contributed by atoms with van der Waals surface area (Å²) < 4.78 is 36.7. The molecule has 0 aromatic carbocycles. The zero-order chi connectivity index (χ0) is 50.1. The van der Waals surface area contributed by atoms with Crippen molar-refractivity contribution < 1.29 is 68.0 Å². The second-order valence-electron chi connectivity index (χ2n) is 17.0. The van der Waals surface area contributed by atoms with Crippen molar-refractivity contribution in [3.63, 3.8) is 0 Å². The predicted molar refractivity (Wildman–Crippen MR) is 271 cm³/mol. The molecule has 0 fully saturated rings. The largest absolute Gasteiger partial charge is 0.472 e. The van der Waals surface area contributed by atoms with Crippen molar-refractivity contribution >= 4 is 15.6 Å². The Labute approximate surface area is 404 Å². The second kappa shape index (κ2) is 61.0.